The molecule has 0 saturated heterocycles. The smallest absolute Gasteiger partial charge is 0.269 e. The SMILES string of the molecule is CCNC(C)CCS(=O)c1ccc([N+](=O)[O-])cc1. The zero-order chi connectivity index (χ0) is 13.5. The van der Waals surface area contributed by atoms with Crippen molar-refractivity contribution in [3.05, 3.63) is 34.4 Å². The standard InChI is InChI=1S/C12H18N2O3S/c1-3-13-10(2)8-9-18(17)12-6-4-11(5-7-12)14(15)16/h4-7,10,13H,3,8-9H2,1-2H3. The van der Waals surface area contributed by atoms with Gasteiger partial charge in [0.15, 0.2) is 0 Å². The Morgan fingerprint density at radius 1 is 1.39 bits per heavy atom. The van der Waals surface area contributed by atoms with Gasteiger partial charge in [0.25, 0.3) is 5.69 Å². The molecule has 0 aromatic heterocycles. The van der Waals surface area contributed by atoms with E-state index in [1.54, 1.807) is 12.1 Å². The molecule has 1 aromatic carbocycles. The number of benzene rings is 1. The molecule has 1 rings (SSSR count). The number of nitrogens with one attached hydrogen (secondary N) is 1. The minimum atomic E-state index is -1.09. The predicted molar refractivity (Wildman–Crippen MR) is 72.1 cm³/mol. The van der Waals surface area contributed by atoms with Gasteiger partial charge < -0.3 is 5.32 Å². The summed E-state index contributed by atoms with van der Waals surface area (Å²) in [6.45, 7) is 4.98. The summed E-state index contributed by atoms with van der Waals surface area (Å²) in [5.74, 6) is 0.561. The van der Waals surface area contributed by atoms with Crippen LogP contribution in [0.2, 0.25) is 0 Å². The van der Waals surface area contributed by atoms with Gasteiger partial charge in [-0.25, -0.2) is 0 Å². The number of rotatable bonds is 7. The van der Waals surface area contributed by atoms with E-state index < -0.39 is 15.7 Å². The number of nitro groups is 1. The van der Waals surface area contributed by atoms with Crippen LogP contribution in [0.1, 0.15) is 20.3 Å². The fourth-order valence-corrected chi connectivity index (χ4v) is 2.81. The van der Waals surface area contributed by atoms with Crippen LogP contribution in [-0.4, -0.2) is 27.5 Å². The van der Waals surface area contributed by atoms with Crippen LogP contribution in [0, 0.1) is 10.1 Å². The van der Waals surface area contributed by atoms with Gasteiger partial charge in [0, 0.05) is 28.8 Å². The summed E-state index contributed by atoms with van der Waals surface area (Å²) in [5.41, 5.74) is 0.0248. The number of hydrogen-bond donors (Lipinski definition) is 1. The molecule has 0 aliphatic rings. The first-order valence-electron chi connectivity index (χ1n) is 5.90. The van der Waals surface area contributed by atoms with E-state index in [9.17, 15) is 14.3 Å². The van der Waals surface area contributed by atoms with Crippen molar-refractivity contribution >= 4 is 16.5 Å². The van der Waals surface area contributed by atoms with E-state index in [1.165, 1.54) is 12.1 Å². The molecule has 100 valence electrons. The van der Waals surface area contributed by atoms with E-state index in [1.807, 2.05) is 6.92 Å². The second-order valence-corrected chi connectivity index (χ2v) is 5.62. The van der Waals surface area contributed by atoms with Gasteiger partial charge in [-0.2, -0.15) is 0 Å². The molecule has 0 amide bonds. The number of non-ortho nitro benzene ring substituents is 1. The lowest BCUT2D eigenvalue weighted by Gasteiger charge is -2.11. The van der Waals surface area contributed by atoms with Gasteiger partial charge in [-0.3, -0.25) is 14.3 Å². The first-order valence-corrected chi connectivity index (χ1v) is 7.22. The molecule has 0 radical (unpaired) electrons. The maximum Gasteiger partial charge on any atom is 0.269 e. The molecule has 2 unspecified atom stereocenters. The molecule has 0 fully saturated rings. The van der Waals surface area contributed by atoms with Crippen molar-refractivity contribution < 1.29 is 9.13 Å². The van der Waals surface area contributed by atoms with Crippen LogP contribution in [0.25, 0.3) is 0 Å². The van der Waals surface area contributed by atoms with E-state index in [0.29, 0.717) is 16.7 Å². The third-order valence-electron chi connectivity index (χ3n) is 2.60. The molecular weight excluding hydrogens is 252 g/mol. The number of hydrogen-bond acceptors (Lipinski definition) is 4. The largest absolute Gasteiger partial charge is 0.315 e. The van der Waals surface area contributed by atoms with Gasteiger partial charge in [0.1, 0.15) is 0 Å². The van der Waals surface area contributed by atoms with Crippen molar-refractivity contribution in [2.75, 3.05) is 12.3 Å². The second-order valence-electron chi connectivity index (χ2n) is 4.05. The monoisotopic (exact) mass is 270 g/mol. The van der Waals surface area contributed by atoms with Gasteiger partial charge in [0.2, 0.25) is 0 Å². The molecule has 0 saturated carbocycles. The molecule has 0 spiro atoms. The van der Waals surface area contributed by atoms with Crippen molar-refractivity contribution in [2.45, 2.75) is 31.2 Å². The Morgan fingerprint density at radius 2 is 2.00 bits per heavy atom. The lowest BCUT2D eigenvalue weighted by Crippen LogP contribution is -2.27. The highest BCUT2D eigenvalue weighted by atomic mass is 32.2. The Labute approximate surface area is 109 Å². The summed E-state index contributed by atoms with van der Waals surface area (Å²) in [5, 5.41) is 13.7. The summed E-state index contributed by atoms with van der Waals surface area (Å²) >= 11 is 0. The minimum absolute atomic E-state index is 0.0248. The first-order chi connectivity index (χ1) is 8.54. The number of nitro benzene ring substituents is 1. The summed E-state index contributed by atoms with van der Waals surface area (Å²) in [7, 11) is -1.09. The quantitative estimate of drug-likeness (QED) is 0.608. The maximum atomic E-state index is 11.9. The lowest BCUT2D eigenvalue weighted by atomic mass is 10.3. The number of nitrogens with zero attached hydrogens (tertiary/aromatic N) is 1. The van der Waals surface area contributed by atoms with Crippen molar-refractivity contribution in [1.29, 1.82) is 0 Å². The summed E-state index contributed by atoms with van der Waals surface area (Å²) < 4.78 is 11.9. The van der Waals surface area contributed by atoms with Gasteiger partial charge in [-0.1, -0.05) is 6.92 Å². The molecule has 0 bridgehead atoms. The zero-order valence-electron chi connectivity index (χ0n) is 10.6. The van der Waals surface area contributed by atoms with Crippen LogP contribution in [0.3, 0.4) is 0 Å². The van der Waals surface area contributed by atoms with Gasteiger partial charge in [0.05, 0.1) is 15.7 Å². The Hall–Kier alpha value is -1.27. The summed E-state index contributed by atoms with van der Waals surface area (Å²) in [4.78, 5) is 10.7. The second kappa shape index (κ2) is 7.23. The van der Waals surface area contributed by atoms with E-state index in [0.717, 1.165) is 13.0 Å². The molecule has 2 atom stereocenters. The van der Waals surface area contributed by atoms with E-state index >= 15 is 0 Å². The fourth-order valence-electron chi connectivity index (χ4n) is 1.57. The first kappa shape index (κ1) is 14.8. The Bertz CT molecular complexity index is 420. The van der Waals surface area contributed by atoms with E-state index in [-0.39, 0.29) is 5.69 Å². The summed E-state index contributed by atoms with van der Waals surface area (Å²) in [6.07, 6.45) is 0.817. The Morgan fingerprint density at radius 3 is 2.50 bits per heavy atom. The average Bonchev–Trinajstić information content (AvgIpc) is 2.36. The van der Waals surface area contributed by atoms with Crippen LogP contribution in [-0.2, 0) is 10.8 Å². The minimum Gasteiger partial charge on any atom is -0.315 e. The molecular formula is C12H18N2O3S. The van der Waals surface area contributed by atoms with Gasteiger partial charge in [-0.15, -0.1) is 0 Å². The molecule has 18 heavy (non-hydrogen) atoms. The zero-order valence-corrected chi connectivity index (χ0v) is 11.4. The fraction of sp³-hybridized carbons (Fsp3) is 0.500. The Balaban J connectivity index is 2.54. The third-order valence-corrected chi connectivity index (χ3v) is 4.00. The van der Waals surface area contributed by atoms with Crippen molar-refractivity contribution in [3.8, 4) is 0 Å². The average molecular weight is 270 g/mol. The van der Waals surface area contributed by atoms with E-state index in [2.05, 4.69) is 12.2 Å². The van der Waals surface area contributed by atoms with Crippen molar-refractivity contribution in [1.82, 2.24) is 5.32 Å². The summed E-state index contributed by atoms with van der Waals surface area (Å²) in [6, 6.07) is 6.23. The van der Waals surface area contributed by atoms with Gasteiger partial charge in [-0.05, 0) is 32.0 Å². The molecule has 1 N–H and O–H groups in total. The predicted octanol–water partition coefficient (Wildman–Crippen LogP) is 2.09. The van der Waals surface area contributed by atoms with Crippen molar-refractivity contribution in [2.24, 2.45) is 0 Å². The highest BCUT2D eigenvalue weighted by Gasteiger charge is 2.09. The van der Waals surface area contributed by atoms with E-state index in [4.69, 9.17) is 0 Å². The van der Waals surface area contributed by atoms with Crippen LogP contribution in [0.5, 0.6) is 0 Å². The molecule has 0 heterocycles. The van der Waals surface area contributed by atoms with Gasteiger partial charge >= 0.3 is 0 Å². The molecule has 1 aromatic rings. The highest BCUT2D eigenvalue weighted by Crippen LogP contribution is 2.15. The van der Waals surface area contributed by atoms with Crippen LogP contribution < -0.4 is 5.32 Å². The van der Waals surface area contributed by atoms with Crippen molar-refractivity contribution in [3.63, 3.8) is 0 Å². The molecule has 6 heteroatoms. The van der Waals surface area contributed by atoms with Crippen LogP contribution >= 0.6 is 0 Å². The third kappa shape index (κ3) is 4.54. The highest BCUT2D eigenvalue weighted by molar-refractivity contribution is 7.85. The normalized spacial score (nSPS) is 14.1. The molecule has 0 aliphatic carbocycles. The lowest BCUT2D eigenvalue weighted by molar-refractivity contribution is -0.384. The maximum absolute atomic E-state index is 11.9. The molecule has 5 nitrogen and oxygen atoms in total. The van der Waals surface area contributed by atoms with Crippen LogP contribution in [0.4, 0.5) is 5.69 Å². The molecule has 0 aliphatic heterocycles. The topological polar surface area (TPSA) is 72.2 Å². The Kier molecular flexibility index (Phi) is 5.94. The van der Waals surface area contributed by atoms with Crippen LogP contribution in [0.15, 0.2) is 29.2 Å².